The van der Waals surface area contributed by atoms with Gasteiger partial charge in [-0.1, -0.05) is 11.8 Å². The van der Waals surface area contributed by atoms with Crippen LogP contribution in [0.1, 0.15) is 13.3 Å². The standard InChI is InChI=1S/C7H10O5S2/c1-2-12-7(13)14-4(6(10)11)3-5(8)9/h4H,2-3H2,1H3,(H,8,9)(H,10,11)/t4-/m0/s1. The second-order valence-electron chi connectivity index (χ2n) is 2.23. The minimum absolute atomic E-state index is 0.0566. The summed E-state index contributed by atoms with van der Waals surface area (Å²) in [6.45, 7) is 2.05. The average Bonchev–Trinajstić information content (AvgIpc) is 2.02. The molecule has 80 valence electrons. The van der Waals surface area contributed by atoms with Gasteiger partial charge in [-0.3, -0.25) is 9.59 Å². The molecule has 0 spiro atoms. The number of rotatable bonds is 5. The Bertz CT molecular complexity index is 240. The van der Waals surface area contributed by atoms with E-state index in [1.807, 2.05) is 0 Å². The summed E-state index contributed by atoms with van der Waals surface area (Å²) in [6, 6.07) is 0. The third kappa shape index (κ3) is 5.76. The maximum atomic E-state index is 10.6. The van der Waals surface area contributed by atoms with Crippen molar-refractivity contribution < 1.29 is 24.5 Å². The Hall–Kier alpha value is -0.820. The summed E-state index contributed by atoms with van der Waals surface area (Å²) in [7, 11) is 0. The van der Waals surface area contributed by atoms with Gasteiger partial charge in [0.15, 0.2) is 0 Å². The molecule has 0 aliphatic carbocycles. The third-order valence-electron chi connectivity index (χ3n) is 1.14. The highest BCUT2D eigenvalue weighted by Crippen LogP contribution is 2.18. The SMILES string of the molecule is CCOC(=S)S[C@@H](CC(=O)O)C(=O)O. The molecule has 2 N–H and O–H groups in total. The molecule has 0 heterocycles. The van der Waals surface area contributed by atoms with Gasteiger partial charge < -0.3 is 14.9 Å². The number of thioether (sulfide) groups is 1. The molecule has 0 bridgehead atoms. The number of ether oxygens (including phenoxy) is 1. The van der Waals surface area contributed by atoms with Gasteiger partial charge in [0.25, 0.3) is 0 Å². The molecule has 0 saturated heterocycles. The molecule has 1 atom stereocenters. The van der Waals surface area contributed by atoms with Crippen LogP contribution in [-0.2, 0) is 14.3 Å². The smallest absolute Gasteiger partial charge is 0.317 e. The topological polar surface area (TPSA) is 83.8 Å². The van der Waals surface area contributed by atoms with Crippen LogP contribution in [0.2, 0.25) is 0 Å². The van der Waals surface area contributed by atoms with Crippen LogP contribution >= 0.6 is 24.0 Å². The first-order valence-corrected chi connectivity index (χ1v) is 5.04. The van der Waals surface area contributed by atoms with Crippen LogP contribution < -0.4 is 0 Å². The Kier molecular flexibility index (Phi) is 6.22. The molecule has 0 aliphatic rings. The molecule has 0 amide bonds. The summed E-state index contributed by atoms with van der Waals surface area (Å²) in [5.41, 5.74) is 0. The lowest BCUT2D eigenvalue weighted by Gasteiger charge is -2.09. The summed E-state index contributed by atoms with van der Waals surface area (Å²) in [6.07, 6.45) is -0.479. The van der Waals surface area contributed by atoms with Crippen LogP contribution in [0.4, 0.5) is 0 Å². The Labute approximate surface area is 90.4 Å². The zero-order valence-electron chi connectivity index (χ0n) is 7.43. The minimum Gasteiger partial charge on any atom is -0.481 e. The van der Waals surface area contributed by atoms with Gasteiger partial charge in [-0.05, 0) is 19.1 Å². The van der Waals surface area contributed by atoms with Crippen LogP contribution in [0.15, 0.2) is 0 Å². The van der Waals surface area contributed by atoms with E-state index in [0.29, 0.717) is 6.61 Å². The molecular weight excluding hydrogens is 228 g/mol. The second-order valence-corrected chi connectivity index (χ2v) is 4.03. The van der Waals surface area contributed by atoms with E-state index >= 15 is 0 Å². The third-order valence-corrected chi connectivity index (χ3v) is 2.51. The van der Waals surface area contributed by atoms with Gasteiger partial charge >= 0.3 is 11.9 Å². The van der Waals surface area contributed by atoms with Crippen molar-refractivity contribution >= 4 is 40.3 Å². The molecular formula is C7H10O5S2. The number of carboxylic acids is 2. The maximum absolute atomic E-state index is 10.6. The Morgan fingerprint density at radius 1 is 1.50 bits per heavy atom. The minimum atomic E-state index is -1.21. The van der Waals surface area contributed by atoms with Crippen LogP contribution in [0.3, 0.4) is 0 Å². The summed E-state index contributed by atoms with van der Waals surface area (Å²) < 4.78 is 4.90. The van der Waals surface area contributed by atoms with Crippen LogP contribution in [0.25, 0.3) is 0 Å². The van der Waals surface area contributed by atoms with Gasteiger partial charge in [-0.15, -0.1) is 0 Å². The average molecular weight is 238 g/mol. The summed E-state index contributed by atoms with van der Waals surface area (Å²) >= 11 is 5.42. The van der Waals surface area contributed by atoms with Gasteiger partial charge in [-0.2, -0.15) is 0 Å². The van der Waals surface area contributed by atoms with Gasteiger partial charge in [0, 0.05) is 0 Å². The fourth-order valence-corrected chi connectivity index (χ4v) is 1.82. The van der Waals surface area contributed by atoms with Crippen LogP contribution in [0.5, 0.6) is 0 Å². The maximum Gasteiger partial charge on any atom is 0.317 e. The first kappa shape index (κ1) is 13.2. The number of carbonyl (C=O) groups is 2. The molecule has 0 rings (SSSR count). The largest absolute Gasteiger partial charge is 0.481 e. The molecule has 0 aromatic heterocycles. The molecule has 14 heavy (non-hydrogen) atoms. The van der Waals surface area contributed by atoms with Crippen molar-refractivity contribution in [3.8, 4) is 0 Å². The predicted octanol–water partition coefficient (Wildman–Crippen LogP) is 0.969. The summed E-state index contributed by atoms with van der Waals surface area (Å²) in [4.78, 5) is 20.9. The first-order chi connectivity index (χ1) is 6.47. The predicted molar refractivity (Wildman–Crippen MR) is 55.5 cm³/mol. The van der Waals surface area contributed by atoms with E-state index in [0.717, 1.165) is 11.8 Å². The highest BCUT2D eigenvalue weighted by molar-refractivity contribution is 8.23. The Morgan fingerprint density at radius 3 is 2.43 bits per heavy atom. The van der Waals surface area contributed by atoms with E-state index in [2.05, 4.69) is 12.2 Å². The van der Waals surface area contributed by atoms with Crippen molar-refractivity contribution in [1.29, 1.82) is 0 Å². The molecule has 0 aliphatic heterocycles. The van der Waals surface area contributed by atoms with Crippen molar-refractivity contribution in [2.45, 2.75) is 18.6 Å². The van der Waals surface area contributed by atoms with Gasteiger partial charge in [-0.25, -0.2) is 0 Å². The molecule has 0 fully saturated rings. The normalized spacial score (nSPS) is 11.8. The molecule has 0 radical (unpaired) electrons. The lowest BCUT2D eigenvalue weighted by molar-refractivity contribution is -0.142. The van der Waals surface area contributed by atoms with E-state index in [9.17, 15) is 9.59 Å². The van der Waals surface area contributed by atoms with E-state index in [-0.39, 0.29) is 4.38 Å². The van der Waals surface area contributed by atoms with Gasteiger partial charge in [0.2, 0.25) is 4.38 Å². The van der Waals surface area contributed by atoms with E-state index in [1.165, 1.54) is 0 Å². The number of thiocarbonyl (C=S) groups is 1. The Morgan fingerprint density at radius 2 is 2.07 bits per heavy atom. The number of aliphatic carboxylic acids is 2. The summed E-state index contributed by atoms with van der Waals surface area (Å²) in [5.74, 6) is -2.39. The second kappa shape index (κ2) is 6.61. The number of hydrogen-bond donors (Lipinski definition) is 2. The van der Waals surface area contributed by atoms with Crippen molar-refractivity contribution in [3.63, 3.8) is 0 Å². The monoisotopic (exact) mass is 238 g/mol. The van der Waals surface area contributed by atoms with Gasteiger partial charge in [0.1, 0.15) is 5.25 Å². The fraction of sp³-hybridized carbons (Fsp3) is 0.571. The first-order valence-electron chi connectivity index (χ1n) is 3.75. The molecule has 0 unspecified atom stereocenters. The quantitative estimate of drug-likeness (QED) is 0.690. The van der Waals surface area contributed by atoms with Crippen LogP contribution in [-0.4, -0.2) is 38.4 Å². The van der Waals surface area contributed by atoms with Crippen molar-refractivity contribution in [2.24, 2.45) is 0 Å². The summed E-state index contributed by atoms with van der Waals surface area (Å²) in [5, 5.41) is 16.0. The fourth-order valence-electron chi connectivity index (χ4n) is 0.606. The van der Waals surface area contributed by atoms with Crippen LogP contribution in [0, 0.1) is 0 Å². The molecule has 0 aromatic rings. The zero-order valence-corrected chi connectivity index (χ0v) is 9.06. The molecule has 7 heteroatoms. The number of carboxylic acid groups (broad SMARTS) is 2. The lowest BCUT2D eigenvalue weighted by Crippen LogP contribution is -2.22. The Balaban J connectivity index is 4.16. The zero-order chi connectivity index (χ0) is 11.1. The van der Waals surface area contributed by atoms with Crippen molar-refractivity contribution in [3.05, 3.63) is 0 Å². The molecule has 0 aromatic carbocycles. The highest BCUT2D eigenvalue weighted by Gasteiger charge is 2.23. The number of hydrogen-bond acceptors (Lipinski definition) is 5. The van der Waals surface area contributed by atoms with Crippen molar-refractivity contribution in [2.75, 3.05) is 6.61 Å². The molecule has 0 saturated carbocycles. The lowest BCUT2D eigenvalue weighted by atomic mass is 10.3. The van der Waals surface area contributed by atoms with E-state index in [1.54, 1.807) is 6.92 Å². The van der Waals surface area contributed by atoms with E-state index < -0.39 is 23.6 Å². The van der Waals surface area contributed by atoms with E-state index in [4.69, 9.17) is 14.9 Å². The van der Waals surface area contributed by atoms with Gasteiger partial charge in [0.05, 0.1) is 13.0 Å². The molecule has 5 nitrogen and oxygen atoms in total. The highest BCUT2D eigenvalue weighted by atomic mass is 32.2. The van der Waals surface area contributed by atoms with Crippen molar-refractivity contribution in [1.82, 2.24) is 0 Å².